The molecule has 2 aromatic heterocycles. The van der Waals surface area contributed by atoms with Gasteiger partial charge in [-0.15, -0.1) is 11.3 Å². The molecule has 114 valence electrons. The Kier molecular flexibility index (Phi) is 4.74. The molecule has 0 amide bonds. The Morgan fingerprint density at radius 3 is 2.81 bits per heavy atom. The van der Waals surface area contributed by atoms with Crippen molar-refractivity contribution in [2.75, 3.05) is 19.8 Å². The summed E-state index contributed by atoms with van der Waals surface area (Å²) in [6.45, 7) is 6.99. The molecule has 0 unspecified atom stereocenters. The van der Waals surface area contributed by atoms with Gasteiger partial charge in [0.25, 0.3) is 0 Å². The first-order valence-electron chi connectivity index (χ1n) is 7.22. The number of halogens is 1. The zero-order valence-electron chi connectivity index (χ0n) is 12.3. The Balaban J connectivity index is 1.67. The molecule has 3 heterocycles. The standard InChI is InChI=1S/C15H19ClN2O2S/c1-9-10(2)21-15-13(9)14(16)17-12(18-15)8-20-7-11-3-5-19-6-4-11/h11H,3-8H2,1-2H3. The highest BCUT2D eigenvalue weighted by Crippen LogP contribution is 2.32. The number of hydrogen-bond acceptors (Lipinski definition) is 5. The molecule has 0 aromatic carbocycles. The van der Waals surface area contributed by atoms with Gasteiger partial charge in [-0.3, -0.25) is 0 Å². The maximum absolute atomic E-state index is 6.29. The van der Waals surface area contributed by atoms with Crippen LogP contribution in [-0.2, 0) is 16.1 Å². The lowest BCUT2D eigenvalue weighted by molar-refractivity contribution is 0.0143. The summed E-state index contributed by atoms with van der Waals surface area (Å²) in [5, 5.41) is 1.51. The van der Waals surface area contributed by atoms with Gasteiger partial charge in [-0.25, -0.2) is 9.97 Å². The molecule has 4 nitrogen and oxygen atoms in total. The molecule has 1 aliphatic heterocycles. The summed E-state index contributed by atoms with van der Waals surface area (Å²) < 4.78 is 11.1. The van der Waals surface area contributed by atoms with Crippen LogP contribution >= 0.6 is 22.9 Å². The smallest absolute Gasteiger partial charge is 0.157 e. The first kappa shape index (κ1) is 15.2. The molecule has 1 fully saturated rings. The van der Waals surface area contributed by atoms with E-state index in [1.807, 2.05) is 0 Å². The third kappa shape index (κ3) is 3.37. The van der Waals surface area contributed by atoms with E-state index in [9.17, 15) is 0 Å². The lowest BCUT2D eigenvalue weighted by atomic mass is 10.0. The second-order valence-corrected chi connectivity index (χ2v) is 7.03. The number of thiophene rings is 1. The van der Waals surface area contributed by atoms with Crippen LogP contribution in [0.2, 0.25) is 5.15 Å². The maximum Gasteiger partial charge on any atom is 0.157 e. The van der Waals surface area contributed by atoms with Crippen molar-refractivity contribution < 1.29 is 9.47 Å². The van der Waals surface area contributed by atoms with Crippen molar-refractivity contribution >= 4 is 33.2 Å². The van der Waals surface area contributed by atoms with E-state index in [1.54, 1.807) is 11.3 Å². The highest BCUT2D eigenvalue weighted by Gasteiger charge is 2.16. The van der Waals surface area contributed by atoms with E-state index < -0.39 is 0 Å². The Hall–Kier alpha value is -0.750. The van der Waals surface area contributed by atoms with Crippen LogP contribution in [0.25, 0.3) is 10.2 Å². The van der Waals surface area contributed by atoms with E-state index in [4.69, 9.17) is 21.1 Å². The van der Waals surface area contributed by atoms with E-state index in [0.717, 1.165) is 42.9 Å². The van der Waals surface area contributed by atoms with Gasteiger partial charge >= 0.3 is 0 Å². The largest absolute Gasteiger partial charge is 0.381 e. The van der Waals surface area contributed by atoms with E-state index in [1.165, 1.54) is 10.4 Å². The fourth-order valence-electron chi connectivity index (χ4n) is 2.54. The molecule has 0 bridgehead atoms. The van der Waals surface area contributed by atoms with E-state index in [2.05, 4.69) is 23.8 Å². The summed E-state index contributed by atoms with van der Waals surface area (Å²) in [6, 6.07) is 0. The molecule has 0 saturated carbocycles. The van der Waals surface area contributed by atoms with Gasteiger partial charge in [-0.1, -0.05) is 11.6 Å². The Morgan fingerprint density at radius 2 is 2.05 bits per heavy atom. The lowest BCUT2D eigenvalue weighted by Gasteiger charge is -2.21. The van der Waals surface area contributed by atoms with Gasteiger partial charge in [0.15, 0.2) is 5.82 Å². The minimum absolute atomic E-state index is 0.420. The second-order valence-electron chi connectivity index (χ2n) is 5.46. The van der Waals surface area contributed by atoms with Crippen molar-refractivity contribution in [3.8, 4) is 0 Å². The first-order valence-corrected chi connectivity index (χ1v) is 8.42. The Labute approximate surface area is 133 Å². The number of nitrogens with zero attached hydrogens (tertiary/aromatic N) is 2. The van der Waals surface area contributed by atoms with Crippen LogP contribution in [0.4, 0.5) is 0 Å². The highest BCUT2D eigenvalue weighted by molar-refractivity contribution is 7.18. The van der Waals surface area contributed by atoms with Crippen LogP contribution in [0, 0.1) is 19.8 Å². The quantitative estimate of drug-likeness (QED) is 0.799. The predicted octanol–water partition coefficient (Wildman–Crippen LogP) is 3.90. The number of rotatable bonds is 4. The van der Waals surface area contributed by atoms with E-state index in [-0.39, 0.29) is 0 Å². The third-order valence-corrected chi connectivity index (χ3v) is 5.33. The topological polar surface area (TPSA) is 44.2 Å². The molecule has 3 rings (SSSR count). The minimum Gasteiger partial charge on any atom is -0.381 e. The van der Waals surface area contributed by atoms with E-state index in [0.29, 0.717) is 23.5 Å². The molecule has 2 aromatic rings. The molecule has 6 heteroatoms. The fraction of sp³-hybridized carbons (Fsp3) is 0.600. The number of aromatic nitrogens is 2. The number of hydrogen-bond donors (Lipinski definition) is 0. The van der Waals surface area contributed by atoms with Gasteiger partial charge in [-0.05, 0) is 38.2 Å². The van der Waals surface area contributed by atoms with Crippen molar-refractivity contribution in [2.24, 2.45) is 5.92 Å². The van der Waals surface area contributed by atoms with Gasteiger partial charge in [0.1, 0.15) is 16.6 Å². The van der Waals surface area contributed by atoms with Gasteiger partial charge in [-0.2, -0.15) is 0 Å². The summed E-state index contributed by atoms with van der Waals surface area (Å²) >= 11 is 7.95. The van der Waals surface area contributed by atoms with Crippen molar-refractivity contribution in [2.45, 2.75) is 33.3 Å². The molecular weight excluding hydrogens is 308 g/mol. The van der Waals surface area contributed by atoms with Gasteiger partial charge in [0.2, 0.25) is 0 Å². The van der Waals surface area contributed by atoms with Crippen LogP contribution < -0.4 is 0 Å². The average molecular weight is 327 g/mol. The number of aryl methyl sites for hydroxylation is 2. The van der Waals surface area contributed by atoms with E-state index >= 15 is 0 Å². The molecular formula is C15H19ClN2O2S. The van der Waals surface area contributed by atoms with Crippen LogP contribution in [-0.4, -0.2) is 29.8 Å². The molecule has 1 aliphatic rings. The summed E-state index contributed by atoms with van der Waals surface area (Å²) in [6.07, 6.45) is 2.15. The van der Waals surface area contributed by atoms with Crippen LogP contribution in [0.5, 0.6) is 0 Å². The third-order valence-electron chi connectivity index (χ3n) is 3.96. The van der Waals surface area contributed by atoms with Gasteiger partial charge in [0.05, 0.1) is 12.0 Å². The monoisotopic (exact) mass is 326 g/mol. The molecule has 0 spiro atoms. The summed E-state index contributed by atoms with van der Waals surface area (Å²) in [5.41, 5.74) is 1.18. The highest BCUT2D eigenvalue weighted by atomic mass is 35.5. The number of ether oxygens (including phenoxy) is 2. The molecule has 0 radical (unpaired) electrons. The zero-order chi connectivity index (χ0) is 14.8. The first-order chi connectivity index (χ1) is 10.1. The van der Waals surface area contributed by atoms with Crippen molar-refractivity contribution in [1.29, 1.82) is 0 Å². The number of fused-ring (bicyclic) bond motifs is 1. The molecule has 1 saturated heterocycles. The van der Waals surface area contributed by atoms with Gasteiger partial charge < -0.3 is 9.47 Å². The van der Waals surface area contributed by atoms with Crippen LogP contribution in [0.3, 0.4) is 0 Å². The lowest BCUT2D eigenvalue weighted by Crippen LogP contribution is -2.20. The van der Waals surface area contributed by atoms with Gasteiger partial charge in [0, 0.05) is 18.1 Å². The molecule has 0 aliphatic carbocycles. The van der Waals surface area contributed by atoms with Crippen LogP contribution in [0.15, 0.2) is 0 Å². The fourth-order valence-corrected chi connectivity index (χ4v) is 3.97. The van der Waals surface area contributed by atoms with Crippen molar-refractivity contribution in [3.63, 3.8) is 0 Å². The molecule has 0 N–H and O–H groups in total. The minimum atomic E-state index is 0.420. The van der Waals surface area contributed by atoms with Crippen LogP contribution in [0.1, 0.15) is 29.1 Å². The zero-order valence-corrected chi connectivity index (χ0v) is 13.9. The molecule has 0 atom stereocenters. The Morgan fingerprint density at radius 1 is 1.29 bits per heavy atom. The Bertz CT molecular complexity index is 638. The van der Waals surface area contributed by atoms with Crippen molar-refractivity contribution in [3.05, 3.63) is 21.4 Å². The SMILES string of the molecule is Cc1sc2nc(COCC3CCOCC3)nc(Cl)c2c1C. The predicted molar refractivity (Wildman–Crippen MR) is 85.1 cm³/mol. The molecule has 21 heavy (non-hydrogen) atoms. The summed E-state index contributed by atoms with van der Waals surface area (Å²) in [7, 11) is 0. The maximum atomic E-state index is 6.29. The van der Waals surface area contributed by atoms with Crippen molar-refractivity contribution in [1.82, 2.24) is 9.97 Å². The average Bonchev–Trinajstić information content (AvgIpc) is 2.75. The summed E-state index contributed by atoms with van der Waals surface area (Å²) in [5.74, 6) is 1.25. The normalized spacial score (nSPS) is 16.7. The second kappa shape index (κ2) is 6.57. The summed E-state index contributed by atoms with van der Waals surface area (Å²) in [4.78, 5) is 11.1.